The SMILES string of the molecule is Cc1cc(CNC(=O)c2cc(N)nc(Cl)c2)no1. The molecule has 0 aliphatic rings. The number of nitrogens with one attached hydrogen (secondary N) is 1. The molecule has 0 aromatic carbocycles. The molecule has 0 aliphatic carbocycles. The first kappa shape index (κ1) is 12.4. The van der Waals surface area contributed by atoms with Gasteiger partial charge >= 0.3 is 0 Å². The lowest BCUT2D eigenvalue weighted by Gasteiger charge is -2.04. The molecule has 1 amide bonds. The van der Waals surface area contributed by atoms with Crippen molar-refractivity contribution in [3.05, 3.63) is 40.4 Å². The van der Waals surface area contributed by atoms with Crippen molar-refractivity contribution in [3.63, 3.8) is 0 Å². The van der Waals surface area contributed by atoms with Crippen molar-refractivity contribution in [2.24, 2.45) is 0 Å². The van der Waals surface area contributed by atoms with Crippen molar-refractivity contribution in [1.29, 1.82) is 0 Å². The molecule has 2 heterocycles. The smallest absolute Gasteiger partial charge is 0.251 e. The molecule has 3 N–H and O–H groups in total. The standard InChI is InChI=1S/C11H11ClN4O2/c1-6-2-8(16-18-6)5-14-11(17)7-3-9(12)15-10(13)4-7/h2-4H,5H2,1H3,(H2,13,15)(H,14,17). The maximum absolute atomic E-state index is 11.8. The molecule has 0 saturated carbocycles. The summed E-state index contributed by atoms with van der Waals surface area (Å²) in [6.45, 7) is 2.05. The number of aromatic nitrogens is 2. The predicted octanol–water partition coefficient (Wildman–Crippen LogP) is 1.54. The fourth-order valence-electron chi connectivity index (χ4n) is 1.42. The van der Waals surface area contributed by atoms with Crippen molar-refractivity contribution in [3.8, 4) is 0 Å². The normalized spacial score (nSPS) is 10.3. The van der Waals surface area contributed by atoms with Gasteiger partial charge in [0.2, 0.25) is 0 Å². The fourth-order valence-corrected chi connectivity index (χ4v) is 1.64. The first-order valence-corrected chi connectivity index (χ1v) is 5.56. The Kier molecular flexibility index (Phi) is 3.47. The van der Waals surface area contributed by atoms with Gasteiger partial charge in [0.15, 0.2) is 0 Å². The van der Waals surface area contributed by atoms with Crippen molar-refractivity contribution in [2.75, 3.05) is 5.73 Å². The van der Waals surface area contributed by atoms with Crippen LogP contribution in [0.4, 0.5) is 5.82 Å². The third kappa shape index (κ3) is 2.98. The van der Waals surface area contributed by atoms with Gasteiger partial charge in [-0.3, -0.25) is 4.79 Å². The van der Waals surface area contributed by atoms with Crippen LogP contribution in [0.15, 0.2) is 22.7 Å². The van der Waals surface area contributed by atoms with E-state index in [1.807, 2.05) is 0 Å². The molecule has 6 nitrogen and oxygen atoms in total. The number of rotatable bonds is 3. The number of carbonyl (C=O) groups is 1. The summed E-state index contributed by atoms with van der Waals surface area (Å²) in [6.07, 6.45) is 0. The molecule has 0 unspecified atom stereocenters. The van der Waals surface area contributed by atoms with E-state index >= 15 is 0 Å². The fraction of sp³-hybridized carbons (Fsp3) is 0.182. The van der Waals surface area contributed by atoms with Crippen LogP contribution in [-0.4, -0.2) is 16.0 Å². The highest BCUT2D eigenvalue weighted by molar-refractivity contribution is 6.29. The summed E-state index contributed by atoms with van der Waals surface area (Å²) in [5.41, 5.74) is 6.51. The molecule has 0 fully saturated rings. The molecule has 2 aromatic heterocycles. The molecule has 0 radical (unpaired) electrons. The number of hydrogen-bond donors (Lipinski definition) is 2. The minimum Gasteiger partial charge on any atom is -0.384 e. The van der Waals surface area contributed by atoms with Crippen LogP contribution >= 0.6 is 11.6 Å². The number of nitrogens with zero attached hydrogens (tertiary/aromatic N) is 2. The second-order valence-electron chi connectivity index (χ2n) is 3.71. The largest absolute Gasteiger partial charge is 0.384 e. The first-order valence-electron chi connectivity index (χ1n) is 5.18. The van der Waals surface area contributed by atoms with E-state index in [4.69, 9.17) is 21.9 Å². The molecule has 0 spiro atoms. The molecule has 94 valence electrons. The molecule has 7 heteroatoms. The monoisotopic (exact) mass is 266 g/mol. The Morgan fingerprint density at radius 1 is 1.50 bits per heavy atom. The van der Waals surface area contributed by atoms with E-state index in [2.05, 4.69) is 15.5 Å². The summed E-state index contributed by atoms with van der Waals surface area (Å²) in [6, 6.07) is 4.64. The van der Waals surface area contributed by atoms with Gasteiger partial charge in [0.05, 0.1) is 6.54 Å². The van der Waals surface area contributed by atoms with Crippen LogP contribution in [0.1, 0.15) is 21.8 Å². The van der Waals surface area contributed by atoms with Crippen molar-refractivity contribution < 1.29 is 9.32 Å². The van der Waals surface area contributed by atoms with Crippen LogP contribution in [-0.2, 0) is 6.54 Å². The number of halogens is 1. The molecule has 2 aromatic rings. The van der Waals surface area contributed by atoms with Crippen molar-refractivity contribution in [1.82, 2.24) is 15.5 Å². The number of carbonyl (C=O) groups excluding carboxylic acids is 1. The van der Waals surface area contributed by atoms with Crippen LogP contribution in [0.3, 0.4) is 0 Å². The van der Waals surface area contributed by atoms with Crippen molar-refractivity contribution >= 4 is 23.3 Å². The number of pyridine rings is 1. The van der Waals surface area contributed by atoms with Gasteiger partial charge in [0.1, 0.15) is 22.4 Å². The molecule has 18 heavy (non-hydrogen) atoms. The van der Waals surface area contributed by atoms with Gasteiger partial charge in [-0.05, 0) is 19.1 Å². The maximum atomic E-state index is 11.8. The Hall–Kier alpha value is -2.08. The zero-order valence-electron chi connectivity index (χ0n) is 9.61. The van der Waals surface area contributed by atoms with E-state index in [1.54, 1.807) is 13.0 Å². The number of amides is 1. The Bertz CT molecular complexity index is 562. The van der Waals surface area contributed by atoms with Gasteiger partial charge in [-0.1, -0.05) is 16.8 Å². The Morgan fingerprint density at radius 3 is 2.89 bits per heavy atom. The Balaban J connectivity index is 2.03. The highest BCUT2D eigenvalue weighted by Gasteiger charge is 2.09. The van der Waals surface area contributed by atoms with E-state index in [0.29, 0.717) is 17.0 Å². The summed E-state index contributed by atoms with van der Waals surface area (Å²) >= 11 is 5.72. The topological polar surface area (TPSA) is 94.0 Å². The van der Waals surface area contributed by atoms with Crippen LogP contribution in [0.25, 0.3) is 0 Å². The second kappa shape index (κ2) is 5.05. The summed E-state index contributed by atoms with van der Waals surface area (Å²) in [5, 5.41) is 6.62. The van der Waals surface area contributed by atoms with E-state index in [0.717, 1.165) is 0 Å². The average molecular weight is 267 g/mol. The van der Waals surface area contributed by atoms with Crippen LogP contribution in [0, 0.1) is 6.92 Å². The van der Waals surface area contributed by atoms with Crippen molar-refractivity contribution in [2.45, 2.75) is 13.5 Å². The van der Waals surface area contributed by atoms with Gasteiger partial charge < -0.3 is 15.6 Å². The summed E-state index contributed by atoms with van der Waals surface area (Å²) in [4.78, 5) is 15.6. The third-order valence-electron chi connectivity index (χ3n) is 2.18. The average Bonchev–Trinajstić information content (AvgIpc) is 2.70. The lowest BCUT2D eigenvalue weighted by atomic mass is 10.2. The maximum Gasteiger partial charge on any atom is 0.251 e. The molecule has 0 aliphatic heterocycles. The lowest BCUT2D eigenvalue weighted by Crippen LogP contribution is -2.23. The summed E-state index contributed by atoms with van der Waals surface area (Å²) in [5.74, 6) is 0.590. The van der Waals surface area contributed by atoms with E-state index in [1.165, 1.54) is 12.1 Å². The molecular weight excluding hydrogens is 256 g/mol. The minimum atomic E-state index is -0.299. The first-order chi connectivity index (χ1) is 8.54. The summed E-state index contributed by atoms with van der Waals surface area (Å²) in [7, 11) is 0. The number of aryl methyl sites for hydroxylation is 1. The van der Waals surface area contributed by atoms with E-state index in [9.17, 15) is 4.79 Å². The molecule has 0 saturated heterocycles. The molecule has 0 atom stereocenters. The predicted molar refractivity (Wildman–Crippen MR) is 66.1 cm³/mol. The zero-order valence-corrected chi connectivity index (χ0v) is 10.4. The third-order valence-corrected chi connectivity index (χ3v) is 2.38. The molecular formula is C11H11ClN4O2. The lowest BCUT2D eigenvalue weighted by molar-refractivity contribution is 0.0950. The second-order valence-corrected chi connectivity index (χ2v) is 4.10. The van der Waals surface area contributed by atoms with Crippen LogP contribution in [0.2, 0.25) is 5.15 Å². The number of nitrogen functional groups attached to an aromatic ring is 1. The van der Waals surface area contributed by atoms with Gasteiger partial charge in [-0.2, -0.15) is 0 Å². The molecule has 0 bridgehead atoms. The van der Waals surface area contributed by atoms with Gasteiger partial charge in [-0.25, -0.2) is 4.98 Å². The number of hydrogen-bond acceptors (Lipinski definition) is 5. The van der Waals surface area contributed by atoms with Gasteiger partial charge in [0, 0.05) is 11.6 Å². The quantitative estimate of drug-likeness (QED) is 0.822. The summed E-state index contributed by atoms with van der Waals surface area (Å²) < 4.78 is 4.89. The number of anilines is 1. The van der Waals surface area contributed by atoms with Crippen LogP contribution < -0.4 is 11.1 Å². The molecule has 2 rings (SSSR count). The van der Waals surface area contributed by atoms with Gasteiger partial charge in [0.25, 0.3) is 5.91 Å². The Labute approximate surface area is 108 Å². The van der Waals surface area contributed by atoms with E-state index in [-0.39, 0.29) is 23.4 Å². The Morgan fingerprint density at radius 2 is 2.28 bits per heavy atom. The van der Waals surface area contributed by atoms with Gasteiger partial charge in [-0.15, -0.1) is 0 Å². The highest BCUT2D eigenvalue weighted by Crippen LogP contribution is 2.12. The van der Waals surface area contributed by atoms with Crippen LogP contribution in [0.5, 0.6) is 0 Å². The minimum absolute atomic E-state index is 0.178. The highest BCUT2D eigenvalue weighted by atomic mass is 35.5. The zero-order chi connectivity index (χ0) is 13.1. The van der Waals surface area contributed by atoms with E-state index < -0.39 is 0 Å². The number of nitrogens with two attached hydrogens (primary N) is 1.